The molecule has 1 amide bonds. The maximum absolute atomic E-state index is 14.2. The number of aliphatic carboxylic acids is 1. The van der Waals surface area contributed by atoms with E-state index in [0.29, 0.717) is 27.9 Å². The lowest BCUT2D eigenvalue weighted by Crippen LogP contribution is -2.20. The van der Waals surface area contributed by atoms with Crippen LogP contribution in [0.3, 0.4) is 0 Å². The van der Waals surface area contributed by atoms with Crippen molar-refractivity contribution in [2.24, 2.45) is 5.14 Å². The van der Waals surface area contributed by atoms with Gasteiger partial charge in [0.25, 0.3) is 5.91 Å². The molecule has 0 bridgehead atoms. The Hall–Kier alpha value is -4.62. The lowest BCUT2D eigenvalue weighted by Gasteiger charge is -2.17. The van der Waals surface area contributed by atoms with Crippen LogP contribution in [0.15, 0.2) is 89.8 Å². The highest BCUT2D eigenvalue weighted by Crippen LogP contribution is 2.43. The van der Waals surface area contributed by atoms with Crippen molar-refractivity contribution in [1.82, 2.24) is 4.57 Å². The van der Waals surface area contributed by atoms with Crippen molar-refractivity contribution in [2.45, 2.75) is 49.8 Å². The van der Waals surface area contributed by atoms with Gasteiger partial charge in [0.2, 0.25) is 10.0 Å². The van der Waals surface area contributed by atoms with Gasteiger partial charge in [-0.25, -0.2) is 17.9 Å². The van der Waals surface area contributed by atoms with Crippen LogP contribution < -0.4 is 10.5 Å². The van der Waals surface area contributed by atoms with Gasteiger partial charge in [-0.1, -0.05) is 54.6 Å². The third kappa shape index (κ3) is 8.11. The fourth-order valence-electron chi connectivity index (χ4n) is 5.11. The molecule has 0 saturated carbocycles. The minimum Gasteiger partial charge on any atom is -0.481 e. The van der Waals surface area contributed by atoms with Gasteiger partial charge in [-0.2, -0.15) is 0 Å². The Labute approximate surface area is 260 Å². The highest BCUT2D eigenvalue weighted by molar-refractivity contribution is 7.89. The molecule has 0 saturated heterocycles. The average molecular weight is 636 g/mol. The molecule has 1 aromatic heterocycles. The van der Waals surface area contributed by atoms with Gasteiger partial charge in [-0.3, -0.25) is 9.59 Å². The number of hydrogen-bond acceptors (Lipinski definition) is 6. The second-order valence-corrected chi connectivity index (χ2v) is 12.3. The number of nitrogens with zero attached hydrogens (tertiary/aromatic N) is 1. The summed E-state index contributed by atoms with van der Waals surface area (Å²) in [7, 11) is -4.04. The molecule has 10 nitrogen and oxygen atoms in total. The zero-order chi connectivity index (χ0) is 32.9. The monoisotopic (exact) mass is 635 g/mol. The van der Waals surface area contributed by atoms with Crippen LogP contribution in [0.4, 0.5) is 10.1 Å². The second-order valence-electron chi connectivity index (χ2n) is 10.8. The lowest BCUT2D eigenvalue weighted by atomic mass is 9.94. The number of primary sulfonamides is 1. The number of aliphatic hydroxyl groups is 2. The summed E-state index contributed by atoms with van der Waals surface area (Å²) >= 11 is 0. The van der Waals surface area contributed by atoms with Crippen LogP contribution in [-0.2, 0) is 14.8 Å². The van der Waals surface area contributed by atoms with E-state index >= 15 is 0 Å². The Morgan fingerprint density at radius 2 is 1.60 bits per heavy atom. The molecule has 4 aromatic rings. The van der Waals surface area contributed by atoms with Crippen molar-refractivity contribution >= 4 is 33.7 Å². The Morgan fingerprint density at radius 1 is 0.956 bits per heavy atom. The number of carboxylic acids is 1. The third-order valence-corrected chi connectivity index (χ3v) is 7.90. The molecule has 0 fully saturated rings. The molecule has 0 aliphatic rings. The second kappa shape index (κ2) is 14.0. The first-order valence-electron chi connectivity index (χ1n) is 14.1. The minimum absolute atomic E-state index is 0.183. The van der Waals surface area contributed by atoms with E-state index in [4.69, 9.17) is 10.2 Å². The van der Waals surface area contributed by atoms with Gasteiger partial charge in [-0.05, 0) is 61.4 Å². The smallest absolute Gasteiger partial charge is 0.305 e. The van der Waals surface area contributed by atoms with Crippen molar-refractivity contribution < 1.29 is 37.7 Å². The van der Waals surface area contributed by atoms with E-state index in [1.54, 1.807) is 34.9 Å². The molecule has 6 N–H and O–H groups in total. The summed E-state index contributed by atoms with van der Waals surface area (Å²) in [4.78, 5) is 25.0. The SMILES string of the molecule is CC(C)n1c(C=C[C@@H](O)C[C@@H](O)CC(=O)O)c(-c2ccc(F)cc2)c(-c2ccccc2)c1C(=O)Nc1cccc(S(N)(=O)=O)c1. The Morgan fingerprint density at radius 3 is 2.20 bits per heavy atom. The summed E-state index contributed by atoms with van der Waals surface area (Å²) in [5.41, 5.74) is 3.14. The number of carbonyl (C=O) groups excluding carboxylic acids is 1. The van der Waals surface area contributed by atoms with Crippen LogP contribution in [0, 0.1) is 5.82 Å². The zero-order valence-electron chi connectivity index (χ0n) is 24.6. The van der Waals surface area contributed by atoms with Crippen LogP contribution in [0.2, 0.25) is 0 Å². The van der Waals surface area contributed by atoms with E-state index in [2.05, 4.69) is 5.32 Å². The highest BCUT2D eigenvalue weighted by Gasteiger charge is 2.29. The summed E-state index contributed by atoms with van der Waals surface area (Å²) in [6.45, 7) is 3.71. The van der Waals surface area contributed by atoms with Crippen molar-refractivity contribution in [3.8, 4) is 22.3 Å². The van der Waals surface area contributed by atoms with Gasteiger partial charge < -0.3 is 25.2 Å². The molecule has 1 heterocycles. The first-order valence-corrected chi connectivity index (χ1v) is 15.6. The molecule has 236 valence electrons. The number of hydrogen-bond donors (Lipinski definition) is 5. The summed E-state index contributed by atoms with van der Waals surface area (Å²) in [5.74, 6) is -2.24. The molecule has 4 rings (SSSR count). The number of benzene rings is 3. The van der Waals surface area contributed by atoms with E-state index < -0.39 is 46.3 Å². The largest absolute Gasteiger partial charge is 0.481 e. The Balaban J connectivity index is 1.97. The number of carbonyl (C=O) groups is 2. The highest BCUT2D eigenvalue weighted by atomic mass is 32.2. The van der Waals surface area contributed by atoms with Gasteiger partial charge in [0, 0.05) is 35.0 Å². The number of carboxylic acid groups (broad SMARTS) is 1. The molecule has 0 unspecified atom stereocenters. The average Bonchev–Trinajstić information content (AvgIpc) is 3.32. The number of anilines is 1. The van der Waals surface area contributed by atoms with Crippen molar-refractivity contribution in [3.05, 3.63) is 102 Å². The van der Waals surface area contributed by atoms with Crippen LogP contribution in [0.5, 0.6) is 0 Å². The summed E-state index contributed by atoms with van der Waals surface area (Å²) in [6, 6.07) is 20.0. The summed E-state index contributed by atoms with van der Waals surface area (Å²) in [6.07, 6.45) is -0.307. The maximum Gasteiger partial charge on any atom is 0.305 e. The lowest BCUT2D eigenvalue weighted by molar-refractivity contribution is -0.139. The van der Waals surface area contributed by atoms with Crippen molar-refractivity contribution in [2.75, 3.05) is 5.32 Å². The third-order valence-electron chi connectivity index (χ3n) is 6.99. The van der Waals surface area contributed by atoms with Crippen LogP contribution in [0.25, 0.3) is 28.3 Å². The number of nitrogens with two attached hydrogens (primary N) is 1. The van der Waals surface area contributed by atoms with E-state index in [9.17, 15) is 32.6 Å². The molecule has 12 heteroatoms. The molecular weight excluding hydrogens is 601 g/mol. The predicted octanol–water partition coefficient (Wildman–Crippen LogP) is 5.04. The molecule has 3 aromatic carbocycles. The Bertz CT molecular complexity index is 1820. The Kier molecular flexibility index (Phi) is 10.3. The van der Waals surface area contributed by atoms with E-state index in [-0.39, 0.29) is 28.7 Å². The van der Waals surface area contributed by atoms with Crippen LogP contribution in [-0.4, -0.2) is 52.4 Å². The van der Waals surface area contributed by atoms with Gasteiger partial charge in [-0.15, -0.1) is 0 Å². The van der Waals surface area contributed by atoms with E-state index in [1.807, 2.05) is 32.0 Å². The molecule has 2 atom stereocenters. The van der Waals surface area contributed by atoms with Crippen molar-refractivity contribution in [1.29, 1.82) is 0 Å². The quantitative estimate of drug-likeness (QED) is 0.145. The topological polar surface area (TPSA) is 172 Å². The maximum atomic E-state index is 14.2. The minimum atomic E-state index is -4.04. The number of nitrogens with one attached hydrogen (secondary N) is 1. The van der Waals surface area contributed by atoms with Gasteiger partial charge in [0.1, 0.15) is 11.5 Å². The molecule has 0 radical (unpaired) electrons. The first kappa shape index (κ1) is 33.3. The van der Waals surface area contributed by atoms with Gasteiger partial charge in [0.15, 0.2) is 0 Å². The first-order chi connectivity index (χ1) is 21.3. The van der Waals surface area contributed by atoms with Crippen LogP contribution in [0.1, 0.15) is 48.9 Å². The number of amides is 1. The molecule has 0 aliphatic carbocycles. The molecular formula is C33H34FN3O7S. The number of halogens is 1. The van der Waals surface area contributed by atoms with Gasteiger partial charge in [0.05, 0.1) is 23.5 Å². The number of sulfonamides is 1. The van der Waals surface area contributed by atoms with Crippen LogP contribution >= 0.6 is 0 Å². The van der Waals surface area contributed by atoms with E-state index in [1.165, 1.54) is 42.5 Å². The normalized spacial score (nSPS) is 13.2. The molecule has 0 spiro atoms. The predicted molar refractivity (Wildman–Crippen MR) is 169 cm³/mol. The molecule has 0 aliphatic heterocycles. The fraction of sp³-hybridized carbons (Fsp3) is 0.212. The number of aliphatic hydroxyl groups excluding tert-OH is 2. The van der Waals surface area contributed by atoms with Gasteiger partial charge >= 0.3 is 5.97 Å². The van der Waals surface area contributed by atoms with Crippen molar-refractivity contribution in [3.63, 3.8) is 0 Å². The molecule has 45 heavy (non-hydrogen) atoms. The number of rotatable bonds is 12. The number of aromatic nitrogens is 1. The summed E-state index contributed by atoms with van der Waals surface area (Å²) < 4.78 is 39.7. The standard InChI is InChI=1S/C33H34FN3O7S/c1-20(2)37-28(16-15-25(38)18-26(39)19-29(40)41)30(22-11-13-23(34)14-12-22)31(21-7-4-3-5-8-21)32(37)33(42)36-24-9-6-10-27(17-24)45(35,43)44/h3-17,20,25-26,38-39H,18-19H2,1-2H3,(H,36,42)(H,40,41)(H2,35,43,44)/t25-,26-/m1/s1. The van der Waals surface area contributed by atoms with E-state index in [0.717, 1.165) is 0 Å². The fourth-order valence-corrected chi connectivity index (χ4v) is 5.67. The summed E-state index contributed by atoms with van der Waals surface area (Å²) in [5, 5.41) is 37.8. The zero-order valence-corrected chi connectivity index (χ0v) is 25.4.